The molecule has 0 fully saturated rings. The minimum atomic E-state index is -0.716. The number of hydrogen-bond acceptors (Lipinski definition) is 2. The Morgan fingerprint density at radius 1 is 0.931 bits per heavy atom. The van der Waals surface area contributed by atoms with Crippen molar-refractivity contribution in [1.29, 1.82) is 0 Å². The molecule has 0 aliphatic carbocycles. The molecule has 3 heteroatoms. The van der Waals surface area contributed by atoms with Crippen molar-refractivity contribution in [2.45, 2.75) is 38.8 Å². The molecule has 0 radical (unpaired) electrons. The average Bonchev–Trinajstić information content (AvgIpc) is 2.75. The van der Waals surface area contributed by atoms with E-state index in [0.29, 0.717) is 6.42 Å². The van der Waals surface area contributed by atoms with Crippen LogP contribution in [0.25, 0.3) is 28.6 Å². The topological polar surface area (TPSA) is 25.8 Å². The van der Waals surface area contributed by atoms with Crippen LogP contribution in [0.4, 0.5) is 4.39 Å². The van der Waals surface area contributed by atoms with Crippen LogP contribution in [0.2, 0.25) is 0 Å². The molecule has 0 saturated carbocycles. The van der Waals surface area contributed by atoms with Crippen molar-refractivity contribution in [3.63, 3.8) is 0 Å². The van der Waals surface area contributed by atoms with Gasteiger partial charge < -0.3 is 0 Å². The summed E-state index contributed by atoms with van der Waals surface area (Å²) >= 11 is 0. The van der Waals surface area contributed by atoms with E-state index in [9.17, 15) is 4.39 Å². The van der Waals surface area contributed by atoms with Gasteiger partial charge in [0, 0.05) is 11.1 Å². The summed E-state index contributed by atoms with van der Waals surface area (Å²) in [5.41, 5.74) is 6.17. The maximum absolute atomic E-state index is 12.8. The number of nitrogens with zero attached hydrogens (tertiary/aromatic N) is 2. The van der Waals surface area contributed by atoms with Crippen LogP contribution in [-0.4, -0.2) is 16.1 Å². The van der Waals surface area contributed by atoms with E-state index in [4.69, 9.17) is 0 Å². The molecule has 1 atom stereocenters. The van der Waals surface area contributed by atoms with Crippen LogP contribution < -0.4 is 0 Å². The third kappa shape index (κ3) is 6.21. The first-order valence-electron chi connectivity index (χ1n) is 10.1. The van der Waals surface area contributed by atoms with E-state index in [-0.39, 0.29) is 0 Å². The van der Waals surface area contributed by atoms with Crippen LogP contribution in [0, 0.1) is 0 Å². The van der Waals surface area contributed by atoms with Gasteiger partial charge in [-0.3, -0.25) is 9.97 Å². The lowest BCUT2D eigenvalue weighted by molar-refractivity contribution is 0.335. The van der Waals surface area contributed by atoms with Gasteiger partial charge in [0.05, 0.1) is 30.0 Å². The summed E-state index contributed by atoms with van der Waals surface area (Å²) in [5, 5.41) is 0. The highest BCUT2D eigenvalue weighted by Crippen LogP contribution is 2.21. The Hall–Kier alpha value is -3.07. The first kappa shape index (κ1) is 20.7. The largest absolute Gasteiger partial charge is 0.252 e. The minimum Gasteiger partial charge on any atom is -0.252 e. The van der Waals surface area contributed by atoms with Gasteiger partial charge in [0.2, 0.25) is 0 Å². The molecule has 0 bridgehead atoms. The zero-order chi connectivity index (χ0) is 20.5. The number of allylic oxidation sites excluding steroid dienone is 2. The molecule has 0 N–H and O–H groups in total. The smallest absolute Gasteiger partial charge is 0.0973 e. The number of benzene rings is 2. The summed E-state index contributed by atoms with van der Waals surface area (Å²) in [7, 11) is 0. The lowest BCUT2D eigenvalue weighted by Gasteiger charge is -2.05. The Balaban J connectivity index is 1.62. The molecule has 0 amide bonds. The highest BCUT2D eigenvalue weighted by Gasteiger charge is 2.03. The molecule has 1 aromatic heterocycles. The molecule has 29 heavy (non-hydrogen) atoms. The molecule has 0 aliphatic heterocycles. The number of unbranched alkanes of at least 4 members (excludes halogenated alkanes) is 1. The summed E-state index contributed by atoms with van der Waals surface area (Å²) in [6.07, 6.45) is 12.3. The normalized spacial score (nSPS) is 12.2. The van der Waals surface area contributed by atoms with Crippen molar-refractivity contribution in [2.24, 2.45) is 0 Å². The van der Waals surface area contributed by atoms with Crippen LogP contribution in [0.3, 0.4) is 0 Å². The SMILES string of the molecule is C=CCc1ccc(-c2cnc(-c3ccc(C=CCCCC(C)F)cc3)cn2)cc1. The summed E-state index contributed by atoms with van der Waals surface area (Å²) in [6, 6.07) is 16.6. The van der Waals surface area contributed by atoms with E-state index in [0.717, 1.165) is 47.3 Å². The third-order valence-corrected chi connectivity index (χ3v) is 4.77. The van der Waals surface area contributed by atoms with Crippen LogP contribution in [-0.2, 0) is 6.42 Å². The Kier molecular flexibility index (Phi) is 7.46. The maximum Gasteiger partial charge on any atom is 0.0973 e. The van der Waals surface area contributed by atoms with E-state index >= 15 is 0 Å². The summed E-state index contributed by atoms with van der Waals surface area (Å²) in [6.45, 7) is 5.38. The standard InChI is InChI=1S/C26H27FN2/c1-3-7-21-10-14-23(15-11-21)25-18-29-26(19-28-25)24-16-12-22(13-17-24)9-6-4-5-8-20(2)27/h3,6,9-20H,1,4-5,7-8H2,2H3. The van der Waals surface area contributed by atoms with Crippen molar-refractivity contribution in [3.05, 3.63) is 90.8 Å². The minimum absolute atomic E-state index is 0.622. The van der Waals surface area contributed by atoms with Gasteiger partial charge in [0.15, 0.2) is 0 Å². The fourth-order valence-corrected chi connectivity index (χ4v) is 3.11. The Labute approximate surface area is 172 Å². The first-order valence-corrected chi connectivity index (χ1v) is 10.1. The van der Waals surface area contributed by atoms with Crippen molar-refractivity contribution >= 4 is 6.08 Å². The predicted octanol–water partition coefficient (Wildman–Crippen LogP) is 7.08. The highest BCUT2D eigenvalue weighted by molar-refractivity contribution is 5.64. The highest BCUT2D eigenvalue weighted by atomic mass is 19.1. The third-order valence-electron chi connectivity index (χ3n) is 4.77. The fraction of sp³-hybridized carbons (Fsp3) is 0.231. The number of rotatable bonds is 9. The van der Waals surface area contributed by atoms with Crippen molar-refractivity contribution in [2.75, 3.05) is 0 Å². The second-order valence-electron chi connectivity index (χ2n) is 7.21. The zero-order valence-electron chi connectivity index (χ0n) is 16.9. The second-order valence-corrected chi connectivity index (χ2v) is 7.21. The Morgan fingerprint density at radius 2 is 1.52 bits per heavy atom. The van der Waals surface area contributed by atoms with Gasteiger partial charge in [-0.2, -0.15) is 0 Å². The van der Waals surface area contributed by atoms with E-state index < -0.39 is 6.17 Å². The molecule has 0 aliphatic rings. The van der Waals surface area contributed by atoms with Crippen LogP contribution >= 0.6 is 0 Å². The number of hydrogen-bond donors (Lipinski definition) is 0. The number of halogens is 1. The maximum atomic E-state index is 12.8. The van der Waals surface area contributed by atoms with Gasteiger partial charge in [0.25, 0.3) is 0 Å². The summed E-state index contributed by atoms with van der Waals surface area (Å²) < 4.78 is 12.8. The van der Waals surface area contributed by atoms with Crippen molar-refractivity contribution in [1.82, 2.24) is 9.97 Å². The predicted molar refractivity (Wildman–Crippen MR) is 120 cm³/mol. The average molecular weight is 387 g/mol. The summed E-state index contributed by atoms with van der Waals surface area (Å²) in [4.78, 5) is 9.16. The van der Waals surface area contributed by atoms with Gasteiger partial charge in [-0.05, 0) is 43.7 Å². The Morgan fingerprint density at radius 3 is 2.03 bits per heavy atom. The van der Waals surface area contributed by atoms with Crippen LogP contribution in [0.15, 0.2) is 79.7 Å². The lowest BCUT2D eigenvalue weighted by atomic mass is 10.1. The molecule has 0 saturated heterocycles. The van der Waals surface area contributed by atoms with E-state index in [1.54, 1.807) is 6.92 Å². The summed E-state index contributed by atoms with van der Waals surface area (Å²) in [5.74, 6) is 0. The van der Waals surface area contributed by atoms with Gasteiger partial charge in [-0.25, -0.2) is 4.39 Å². The van der Waals surface area contributed by atoms with Crippen molar-refractivity contribution in [3.8, 4) is 22.5 Å². The molecule has 3 rings (SSSR count). The molecule has 3 aromatic rings. The van der Waals surface area contributed by atoms with Crippen LogP contribution in [0.1, 0.15) is 37.3 Å². The molecular formula is C26H27FN2. The number of alkyl halides is 1. The zero-order valence-corrected chi connectivity index (χ0v) is 16.9. The fourth-order valence-electron chi connectivity index (χ4n) is 3.11. The van der Waals surface area contributed by atoms with Crippen LogP contribution in [0.5, 0.6) is 0 Å². The second kappa shape index (κ2) is 10.5. The quantitative estimate of drug-likeness (QED) is 0.290. The lowest BCUT2D eigenvalue weighted by Crippen LogP contribution is -1.90. The van der Waals surface area contributed by atoms with Crippen molar-refractivity contribution < 1.29 is 4.39 Å². The first-order chi connectivity index (χ1) is 14.2. The molecule has 1 unspecified atom stereocenters. The van der Waals surface area contributed by atoms with E-state index in [2.05, 4.69) is 77.2 Å². The number of aromatic nitrogens is 2. The van der Waals surface area contributed by atoms with Gasteiger partial charge >= 0.3 is 0 Å². The molecule has 148 valence electrons. The molecule has 1 heterocycles. The van der Waals surface area contributed by atoms with E-state index in [1.165, 1.54) is 5.56 Å². The Bertz CT molecular complexity index is 924. The van der Waals surface area contributed by atoms with Gasteiger partial charge in [-0.15, -0.1) is 6.58 Å². The molecule has 2 aromatic carbocycles. The monoisotopic (exact) mass is 386 g/mol. The van der Waals surface area contributed by atoms with E-state index in [1.807, 2.05) is 18.5 Å². The molecule has 0 spiro atoms. The van der Waals surface area contributed by atoms with Gasteiger partial charge in [0.1, 0.15) is 0 Å². The van der Waals surface area contributed by atoms with Gasteiger partial charge in [-0.1, -0.05) is 66.8 Å². The molecular weight excluding hydrogens is 359 g/mol. The molecule has 2 nitrogen and oxygen atoms in total.